The Bertz CT molecular complexity index is 501. The second-order valence-electron chi connectivity index (χ2n) is 5.81. The van der Waals surface area contributed by atoms with E-state index in [9.17, 15) is 9.90 Å². The Kier molecular flexibility index (Phi) is 2.78. The summed E-state index contributed by atoms with van der Waals surface area (Å²) in [5.41, 5.74) is 6.96. The number of carbonyl (C=O) groups is 1. The summed E-state index contributed by atoms with van der Waals surface area (Å²) >= 11 is 0. The average molecular weight is 264 g/mol. The number of hydrogen-bond acceptors (Lipinski definition) is 4. The van der Waals surface area contributed by atoms with E-state index in [1.54, 1.807) is 4.90 Å². The van der Waals surface area contributed by atoms with Crippen LogP contribution in [0.4, 0.5) is 5.69 Å². The fourth-order valence-electron chi connectivity index (χ4n) is 2.79. The number of carbonyl (C=O) groups excluding carboxylic acids is 1. The van der Waals surface area contributed by atoms with E-state index in [1.807, 2.05) is 6.92 Å². The highest BCUT2D eigenvalue weighted by atomic mass is 16.3. The Morgan fingerprint density at radius 2 is 2.26 bits per heavy atom. The highest BCUT2D eigenvalue weighted by Crippen LogP contribution is 2.42. The van der Waals surface area contributed by atoms with Gasteiger partial charge in [-0.25, -0.2) is 0 Å². The number of nitrogens with one attached hydrogen (secondary N) is 1. The summed E-state index contributed by atoms with van der Waals surface area (Å²) in [5.74, 6) is 0.267. The van der Waals surface area contributed by atoms with Crippen LogP contribution < -0.4 is 5.73 Å². The quantitative estimate of drug-likeness (QED) is 0.751. The van der Waals surface area contributed by atoms with Crippen LogP contribution in [-0.4, -0.2) is 44.8 Å². The first-order valence-corrected chi connectivity index (χ1v) is 6.89. The van der Waals surface area contributed by atoms with Crippen molar-refractivity contribution in [3.63, 3.8) is 0 Å². The zero-order valence-corrected chi connectivity index (χ0v) is 11.1. The van der Waals surface area contributed by atoms with Crippen LogP contribution in [0.3, 0.4) is 0 Å². The third-order valence-electron chi connectivity index (χ3n) is 3.99. The van der Waals surface area contributed by atoms with Crippen LogP contribution >= 0.6 is 0 Å². The van der Waals surface area contributed by atoms with E-state index >= 15 is 0 Å². The number of H-pyrrole nitrogens is 1. The van der Waals surface area contributed by atoms with Crippen LogP contribution in [0.15, 0.2) is 0 Å². The predicted molar refractivity (Wildman–Crippen MR) is 70.7 cm³/mol. The van der Waals surface area contributed by atoms with Gasteiger partial charge in [0.05, 0.1) is 30.1 Å². The number of amides is 1. The lowest BCUT2D eigenvalue weighted by Crippen LogP contribution is -2.63. The predicted octanol–water partition coefficient (Wildman–Crippen LogP) is 0.856. The fraction of sp³-hybridized carbons (Fsp3) is 0.692. The Morgan fingerprint density at radius 3 is 2.84 bits per heavy atom. The number of aromatic amines is 1. The molecular weight excluding hydrogens is 244 g/mol. The van der Waals surface area contributed by atoms with Gasteiger partial charge in [0.15, 0.2) is 5.69 Å². The fourth-order valence-corrected chi connectivity index (χ4v) is 2.79. The Balaban J connectivity index is 1.69. The number of aliphatic hydroxyl groups is 1. The van der Waals surface area contributed by atoms with Gasteiger partial charge in [0, 0.05) is 5.92 Å². The lowest BCUT2D eigenvalue weighted by atomic mass is 9.89. The van der Waals surface area contributed by atoms with Crippen molar-refractivity contribution >= 4 is 11.6 Å². The first-order valence-electron chi connectivity index (χ1n) is 6.89. The first kappa shape index (κ1) is 12.5. The third-order valence-corrected chi connectivity index (χ3v) is 3.99. The topological polar surface area (TPSA) is 95.2 Å². The number of nitrogens with two attached hydrogens (primary N) is 1. The molecular formula is C13H20N4O2. The van der Waals surface area contributed by atoms with E-state index in [4.69, 9.17) is 5.73 Å². The Labute approximate surface area is 112 Å². The molecule has 0 atom stereocenters. The van der Waals surface area contributed by atoms with E-state index in [0.29, 0.717) is 30.4 Å². The molecule has 1 saturated heterocycles. The smallest absolute Gasteiger partial charge is 0.276 e. The van der Waals surface area contributed by atoms with E-state index < -0.39 is 5.60 Å². The van der Waals surface area contributed by atoms with Crippen molar-refractivity contribution in [2.75, 3.05) is 18.8 Å². The van der Waals surface area contributed by atoms with Gasteiger partial charge in [-0.3, -0.25) is 9.89 Å². The zero-order chi connectivity index (χ0) is 13.6. The van der Waals surface area contributed by atoms with E-state index in [2.05, 4.69) is 10.2 Å². The summed E-state index contributed by atoms with van der Waals surface area (Å²) in [6.07, 6.45) is 3.86. The van der Waals surface area contributed by atoms with Crippen molar-refractivity contribution in [1.29, 1.82) is 0 Å². The number of hydrogen-bond donors (Lipinski definition) is 3. The molecule has 1 aliphatic heterocycles. The third kappa shape index (κ3) is 2.10. The first-order chi connectivity index (χ1) is 9.04. The van der Waals surface area contributed by atoms with Crippen molar-refractivity contribution < 1.29 is 9.90 Å². The lowest BCUT2D eigenvalue weighted by molar-refractivity contribution is -0.0861. The van der Waals surface area contributed by atoms with Crippen molar-refractivity contribution in [3.8, 4) is 0 Å². The van der Waals surface area contributed by atoms with Gasteiger partial charge in [0.25, 0.3) is 5.91 Å². The molecule has 0 aromatic carbocycles. The highest BCUT2D eigenvalue weighted by molar-refractivity contribution is 5.98. The zero-order valence-electron chi connectivity index (χ0n) is 11.1. The molecule has 104 valence electrons. The maximum absolute atomic E-state index is 12.2. The van der Waals surface area contributed by atoms with Crippen LogP contribution in [0.1, 0.15) is 54.7 Å². The molecule has 19 heavy (non-hydrogen) atoms. The number of rotatable bonds is 4. The molecule has 6 nitrogen and oxygen atoms in total. The molecule has 1 aliphatic carbocycles. The minimum absolute atomic E-state index is 0.179. The number of nitrogen functional groups attached to an aromatic ring is 1. The van der Waals surface area contributed by atoms with Gasteiger partial charge in [-0.1, -0.05) is 13.3 Å². The van der Waals surface area contributed by atoms with Crippen molar-refractivity contribution in [1.82, 2.24) is 15.1 Å². The number of anilines is 1. The maximum Gasteiger partial charge on any atom is 0.276 e. The Morgan fingerprint density at radius 1 is 1.58 bits per heavy atom. The van der Waals surface area contributed by atoms with Crippen LogP contribution in [0.5, 0.6) is 0 Å². The molecule has 0 unspecified atom stereocenters. The van der Waals surface area contributed by atoms with Crippen LogP contribution in [-0.2, 0) is 0 Å². The van der Waals surface area contributed by atoms with E-state index in [0.717, 1.165) is 31.4 Å². The van der Waals surface area contributed by atoms with Crippen LogP contribution in [0, 0.1) is 0 Å². The highest BCUT2D eigenvalue weighted by Gasteiger charge is 2.44. The molecule has 1 aromatic heterocycles. The molecule has 3 rings (SSSR count). The molecule has 1 amide bonds. The second kappa shape index (κ2) is 4.23. The van der Waals surface area contributed by atoms with Gasteiger partial charge < -0.3 is 15.7 Å². The molecule has 1 aromatic rings. The SMILES string of the molecule is CCCC1(O)CN(C(=O)c2n[nH]c(C3CC3)c2N)C1. The van der Waals surface area contributed by atoms with Gasteiger partial charge >= 0.3 is 0 Å². The summed E-state index contributed by atoms with van der Waals surface area (Å²) in [6.45, 7) is 2.78. The number of nitrogens with zero attached hydrogens (tertiary/aromatic N) is 2. The van der Waals surface area contributed by atoms with E-state index in [-0.39, 0.29) is 5.91 Å². The summed E-state index contributed by atoms with van der Waals surface area (Å²) in [6, 6.07) is 0. The minimum atomic E-state index is -0.713. The molecule has 0 bridgehead atoms. The lowest BCUT2D eigenvalue weighted by Gasteiger charge is -2.46. The molecule has 2 heterocycles. The minimum Gasteiger partial charge on any atom is -0.395 e. The standard InChI is InChI=1S/C13H20N4O2/c1-2-5-13(19)6-17(7-13)12(18)11-9(14)10(15-16-11)8-3-4-8/h8,19H,2-7,14H2,1H3,(H,15,16). The molecule has 4 N–H and O–H groups in total. The van der Waals surface area contributed by atoms with Crippen LogP contribution in [0.2, 0.25) is 0 Å². The second-order valence-corrected chi connectivity index (χ2v) is 5.81. The molecule has 0 spiro atoms. The molecule has 2 fully saturated rings. The van der Waals surface area contributed by atoms with Gasteiger partial charge in [-0.2, -0.15) is 5.10 Å². The van der Waals surface area contributed by atoms with Crippen molar-refractivity contribution in [2.24, 2.45) is 0 Å². The molecule has 6 heteroatoms. The summed E-state index contributed by atoms with van der Waals surface area (Å²) in [4.78, 5) is 13.9. The van der Waals surface area contributed by atoms with Gasteiger partial charge in [0.1, 0.15) is 0 Å². The maximum atomic E-state index is 12.2. The molecule has 2 aliphatic rings. The Hall–Kier alpha value is -1.56. The van der Waals surface area contributed by atoms with Crippen LogP contribution in [0.25, 0.3) is 0 Å². The summed E-state index contributed by atoms with van der Waals surface area (Å²) in [5, 5.41) is 17.0. The number of β-amino-alcohol motifs (C(OH)–C–C–N with tert-alkyl or cyclic N) is 1. The molecule has 1 saturated carbocycles. The van der Waals surface area contributed by atoms with Gasteiger partial charge in [-0.15, -0.1) is 0 Å². The normalized spacial score (nSPS) is 21.3. The number of aromatic nitrogens is 2. The molecule has 0 radical (unpaired) electrons. The van der Waals surface area contributed by atoms with Crippen molar-refractivity contribution in [2.45, 2.75) is 44.1 Å². The van der Waals surface area contributed by atoms with E-state index in [1.165, 1.54) is 0 Å². The van der Waals surface area contributed by atoms with Crippen molar-refractivity contribution in [3.05, 3.63) is 11.4 Å². The van der Waals surface area contributed by atoms with Gasteiger partial charge in [-0.05, 0) is 19.3 Å². The van der Waals surface area contributed by atoms with Gasteiger partial charge in [0.2, 0.25) is 0 Å². The average Bonchev–Trinajstić information content (AvgIpc) is 3.09. The number of likely N-dealkylation sites (tertiary alicyclic amines) is 1. The summed E-state index contributed by atoms with van der Waals surface area (Å²) < 4.78 is 0. The monoisotopic (exact) mass is 264 g/mol. The summed E-state index contributed by atoms with van der Waals surface area (Å²) in [7, 11) is 0. The largest absolute Gasteiger partial charge is 0.395 e.